The number of nitrogens with one attached hydrogen (secondary N) is 8. The first kappa shape index (κ1) is 106. The van der Waals surface area contributed by atoms with Gasteiger partial charge >= 0.3 is 37.3 Å². The minimum atomic E-state index is -2.52. The first-order valence-electron chi connectivity index (χ1n) is 21.0. The van der Waals surface area contributed by atoms with Crippen LogP contribution < -0.4 is 113 Å². The molecule has 0 unspecified atom stereocenters. The van der Waals surface area contributed by atoms with Gasteiger partial charge in [-0.1, -0.05) is 83.1 Å². The van der Waals surface area contributed by atoms with Gasteiger partial charge in [0.25, 0.3) is 0 Å². The van der Waals surface area contributed by atoms with Crippen molar-refractivity contribution in [3.63, 3.8) is 0 Å². The Hall–Kier alpha value is 3.80. The van der Waals surface area contributed by atoms with Crippen molar-refractivity contribution in [2.24, 2.45) is 0 Å². The van der Waals surface area contributed by atoms with E-state index in [1.165, 1.54) is 0 Å². The van der Waals surface area contributed by atoms with Gasteiger partial charge < -0.3 is 105 Å². The molecule has 66 heavy (non-hydrogen) atoms. The SMILES string of the molecule is CC(C)NP(=O)(NC(C)C)C(C)(C)C.CC(C)NP(=O)(NC(C)C)C(C)(C)C.CC(C)NP(=O)(NC(C)C)C(C)(C)C.CC(C)NP(=O)(NC(C)C)C(C)(C)C.O.[Er+3].[I-].[I-].[I-].[OH3+].[OH3+].[OH3+].[OH3+].[OH3+]. The normalized spacial score (nSPS) is 11.9. The molecule has 0 aliphatic carbocycles. The van der Waals surface area contributed by atoms with Gasteiger partial charge in [0.1, 0.15) is 0 Å². The van der Waals surface area contributed by atoms with Gasteiger partial charge in [0.2, 0.25) is 29.8 Å². The summed E-state index contributed by atoms with van der Waals surface area (Å²) < 4.78 is 50.5. The Morgan fingerprint density at radius 1 is 0.258 bits per heavy atom. The van der Waals surface area contributed by atoms with Crippen molar-refractivity contribution in [1.29, 1.82) is 0 Å². The second-order valence-corrected chi connectivity index (χ2v) is 33.7. The van der Waals surface area contributed by atoms with Gasteiger partial charge in [-0.05, 0) is 111 Å². The summed E-state index contributed by atoms with van der Waals surface area (Å²) in [6, 6.07) is 1.82. The first-order valence-corrected chi connectivity index (χ1v) is 27.8. The summed E-state index contributed by atoms with van der Waals surface area (Å²) in [7, 11) is -10.1. The average Bonchev–Trinajstić information content (AvgIpc) is 2.83. The molecule has 25 N–H and O–H groups in total. The molecule has 0 aromatic heterocycles. The number of hydrogen-bond donors (Lipinski definition) is 8. The van der Waals surface area contributed by atoms with E-state index in [1.54, 1.807) is 0 Å². The zero-order valence-electron chi connectivity index (χ0n) is 46.8. The van der Waals surface area contributed by atoms with Crippen LogP contribution in [0.3, 0.4) is 0 Å². The van der Waals surface area contributed by atoms with E-state index < -0.39 is 29.8 Å². The smallest absolute Gasteiger partial charge is 1.00 e. The molecular weight excluding hydrogens is 1420 g/mol. The van der Waals surface area contributed by atoms with Gasteiger partial charge in [0.15, 0.2) is 0 Å². The minimum Gasteiger partial charge on any atom is -1.00 e. The molecule has 0 rings (SSSR count). The molecule has 0 aliphatic heterocycles. The van der Waals surface area contributed by atoms with E-state index in [2.05, 4.69) is 40.7 Å². The predicted molar refractivity (Wildman–Crippen MR) is 284 cm³/mol. The van der Waals surface area contributed by atoms with Crippen molar-refractivity contribution in [3.8, 4) is 0 Å². The molecule has 26 heteroatoms. The third-order valence-corrected chi connectivity index (χ3v) is 21.9. The van der Waals surface area contributed by atoms with E-state index in [4.69, 9.17) is 0 Å². The monoisotopic (exact) mass is 1540 g/mol. The molecule has 0 heterocycles. The Balaban J connectivity index is -0.0000000433. The number of hydrogen-bond acceptors (Lipinski definition) is 4. The molecule has 425 valence electrons. The third-order valence-electron chi connectivity index (χ3n) is 7.30. The van der Waals surface area contributed by atoms with Crippen molar-refractivity contribution in [2.45, 2.75) is 263 Å². The van der Waals surface area contributed by atoms with Gasteiger partial charge in [-0.25, -0.2) is 0 Å². The van der Waals surface area contributed by atoms with Gasteiger partial charge in [-0.15, -0.1) is 0 Å². The molecule has 18 nitrogen and oxygen atoms in total. The van der Waals surface area contributed by atoms with Crippen LogP contribution in [0.2, 0.25) is 0 Å². The Kier molecular flexibility index (Phi) is 72.4. The van der Waals surface area contributed by atoms with E-state index in [1.807, 2.05) is 194 Å². The standard InChI is InChI=1S/4C10H25N2OP.Er.3HI.6H2O/c4*1-8(2)11-14(13,10(5,6)7)12-9(3)4;;;;;;;;;;/h4*8-9H,1-7H3,(H2,11,12,13);;3*1H;6*1H2/q;;;;+3;;;;;;;;;/p+2. The topological polar surface area (TPSA) is 361 Å². The van der Waals surface area contributed by atoms with Crippen LogP contribution in [0.5, 0.6) is 0 Å². The zero-order valence-corrected chi connectivity index (χ0v) is 58.8. The first-order chi connectivity index (χ1) is 24.3. The second kappa shape index (κ2) is 45.0. The summed E-state index contributed by atoms with van der Waals surface area (Å²) in [4.78, 5) is 0. The maximum atomic E-state index is 12.6. The summed E-state index contributed by atoms with van der Waals surface area (Å²) in [5.41, 5.74) is 0. The van der Waals surface area contributed by atoms with Crippen LogP contribution in [-0.2, 0) is 45.6 Å². The minimum absolute atomic E-state index is 0. The van der Waals surface area contributed by atoms with Crippen molar-refractivity contribution < 1.29 is 160 Å². The Bertz CT molecular complexity index is 1050. The van der Waals surface area contributed by atoms with Crippen molar-refractivity contribution in [2.75, 3.05) is 0 Å². The van der Waals surface area contributed by atoms with Crippen LogP contribution in [0.15, 0.2) is 0 Å². The maximum absolute atomic E-state index is 12.6. The maximum Gasteiger partial charge on any atom is 3.00 e. The Morgan fingerprint density at radius 3 is 0.348 bits per heavy atom. The molecule has 0 amide bonds. The molecule has 0 saturated heterocycles. The average molecular weight is 1540 g/mol. The summed E-state index contributed by atoms with van der Waals surface area (Å²) >= 11 is 0. The van der Waals surface area contributed by atoms with Crippen LogP contribution in [0, 0.1) is 37.3 Å². The fourth-order valence-electron chi connectivity index (χ4n) is 4.61. The molecule has 0 bridgehead atoms. The summed E-state index contributed by atoms with van der Waals surface area (Å²) in [5.74, 6) is 0. The van der Waals surface area contributed by atoms with E-state index in [0.717, 1.165) is 0 Å². The van der Waals surface area contributed by atoms with E-state index in [-0.39, 0.29) is 211 Å². The van der Waals surface area contributed by atoms with Crippen molar-refractivity contribution >= 4 is 29.8 Å². The number of halogens is 3. The fourth-order valence-corrected chi connectivity index (χ4v) is 13.8. The van der Waals surface area contributed by atoms with E-state index in [0.29, 0.717) is 0 Å². The third kappa shape index (κ3) is 47.5. The fraction of sp³-hybridized carbons (Fsp3) is 1.00. The van der Waals surface area contributed by atoms with Crippen molar-refractivity contribution in [3.05, 3.63) is 0 Å². The van der Waals surface area contributed by atoms with E-state index >= 15 is 0 Å². The molecule has 0 atom stereocenters. The summed E-state index contributed by atoms with van der Waals surface area (Å²) in [6.45, 7) is 56.2. The van der Waals surface area contributed by atoms with Crippen LogP contribution in [0.25, 0.3) is 0 Å². The molecular formula is C40H117ErI3N8O10P4+5. The van der Waals surface area contributed by atoms with Crippen LogP contribution >= 0.6 is 29.8 Å². The van der Waals surface area contributed by atoms with Crippen LogP contribution in [-0.4, -0.2) is 74.4 Å². The van der Waals surface area contributed by atoms with Crippen molar-refractivity contribution in [1.82, 2.24) is 40.7 Å². The molecule has 0 spiro atoms. The molecule has 0 saturated carbocycles. The number of rotatable bonds is 16. The molecule has 0 aromatic carbocycles. The summed E-state index contributed by atoms with van der Waals surface area (Å²) in [6.07, 6.45) is 0. The van der Waals surface area contributed by atoms with Crippen LogP contribution in [0.4, 0.5) is 0 Å². The van der Waals surface area contributed by atoms with E-state index in [9.17, 15) is 18.3 Å². The van der Waals surface area contributed by atoms with Crippen LogP contribution in [0.1, 0.15) is 194 Å². The van der Waals surface area contributed by atoms with Gasteiger partial charge in [0.05, 0.1) is 0 Å². The molecule has 1 radical (unpaired) electrons. The summed E-state index contributed by atoms with van der Waals surface area (Å²) in [5, 5.41) is 24.4. The molecule has 0 aliphatic rings. The van der Waals surface area contributed by atoms with Gasteiger partial charge in [-0.3, -0.25) is 59.0 Å². The quantitative estimate of drug-likeness (QED) is 0.0451. The second-order valence-electron chi connectivity index (χ2n) is 21.4. The zero-order chi connectivity index (χ0) is 46.3. The van der Waals surface area contributed by atoms with Gasteiger partial charge in [-0.2, -0.15) is 0 Å². The molecule has 0 fully saturated rings. The molecule has 0 aromatic rings. The van der Waals surface area contributed by atoms with Gasteiger partial charge in [0, 0.05) is 69.0 Å². The Labute approximate surface area is 488 Å². The predicted octanol–water partition coefficient (Wildman–Crippen LogP) is -2.53. The largest absolute Gasteiger partial charge is 3.00 e. The Morgan fingerprint density at radius 2 is 0.318 bits per heavy atom.